The molecule has 2 N–H and O–H groups in total. The van der Waals surface area contributed by atoms with Crippen LogP contribution in [-0.4, -0.2) is 48.8 Å². The molecule has 4 nitrogen and oxygen atoms in total. The molecule has 0 radical (unpaired) electrons. The first-order valence-electron chi connectivity index (χ1n) is 6.05. The topological polar surface area (TPSA) is 51.4 Å². The standard InChI is InChI=1S/C12H21N3OS/c1-8-9(2)17-12(14-8)6-10(13)11-7-15(3)4-5-16-11/h10-11H,4-7,13H2,1-3H3. The van der Waals surface area contributed by atoms with Gasteiger partial charge in [0.1, 0.15) is 0 Å². The number of ether oxygens (including phenoxy) is 1. The van der Waals surface area contributed by atoms with Gasteiger partial charge in [-0.3, -0.25) is 0 Å². The summed E-state index contributed by atoms with van der Waals surface area (Å²) in [5.74, 6) is 0. The van der Waals surface area contributed by atoms with E-state index in [0.29, 0.717) is 0 Å². The predicted octanol–water partition coefficient (Wildman–Crippen LogP) is 0.960. The molecule has 0 bridgehead atoms. The molecule has 0 aromatic carbocycles. The number of likely N-dealkylation sites (N-methyl/N-ethyl adjacent to an activating group) is 1. The number of rotatable bonds is 3. The molecule has 0 saturated carbocycles. The van der Waals surface area contributed by atoms with Gasteiger partial charge in [0.05, 0.1) is 23.4 Å². The smallest absolute Gasteiger partial charge is 0.0947 e. The van der Waals surface area contributed by atoms with Gasteiger partial charge >= 0.3 is 0 Å². The van der Waals surface area contributed by atoms with Crippen LogP contribution in [0, 0.1) is 13.8 Å². The molecule has 96 valence electrons. The molecule has 2 heterocycles. The second-order valence-corrected chi connectivity index (χ2v) is 6.08. The number of thiazole rings is 1. The summed E-state index contributed by atoms with van der Waals surface area (Å²) in [4.78, 5) is 8.09. The van der Waals surface area contributed by atoms with E-state index >= 15 is 0 Å². The third kappa shape index (κ3) is 3.25. The zero-order chi connectivity index (χ0) is 12.4. The fourth-order valence-electron chi connectivity index (χ4n) is 2.03. The van der Waals surface area contributed by atoms with Gasteiger partial charge in [-0.25, -0.2) is 4.98 Å². The van der Waals surface area contributed by atoms with Crippen molar-refractivity contribution >= 4 is 11.3 Å². The normalized spacial score (nSPS) is 23.9. The first-order chi connectivity index (χ1) is 8.06. The maximum atomic E-state index is 6.22. The van der Waals surface area contributed by atoms with Gasteiger partial charge in [0.2, 0.25) is 0 Å². The highest BCUT2D eigenvalue weighted by Crippen LogP contribution is 2.19. The quantitative estimate of drug-likeness (QED) is 0.874. The van der Waals surface area contributed by atoms with E-state index < -0.39 is 0 Å². The van der Waals surface area contributed by atoms with Crippen LogP contribution in [0.5, 0.6) is 0 Å². The third-order valence-electron chi connectivity index (χ3n) is 3.26. The number of morpholine rings is 1. The van der Waals surface area contributed by atoms with Gasteiger partial charge in [0.15, 0.2) is 0 Å². The van der Waals surface area contributed by atoms with Crippen LogP contribution >= 0.6 is 11.3 Å². The summed E-state index contributed by atoms with van der Waals surface area (Å²) in [6, 6.07) is 0.0442. The monoisotopic (exact) mass is 255 g/mol. The van der Waals surface area contributed by atoms with Crippen LogP contribution in [0.25, 0.3) is 0 Å². The molecule has 0 spiro atoms. The predicted molar refractivity (Wildman–Crippen MR) is 70.5 cm³/mol. The van der Waals surface area contributed by atoms with Crippen molar-refractivity contribution in [3.8, 4) is 0 Å². The molecule has 0 aliphatic carbocycles. The molecule has 1 aromatic rings. The van der Waals surface area contributed by atoms with Crippen molar-refractivity contribution in [2.24, 2.45) is 5.73 Å². The van der Waals surface area contributed by atoms with Gasteiger partial charge in [0, 0.05) is 30.4 Å². The molecule has 1 aliphatic rings. The van der Waals surface area contributed by atoms with Gasteiger partial charge in [0.25, 0.3) is 0 Å². The Bertz CT molecular complexity index is 360. The van der Waals surface area contributed by atoms with Crippen molar-refractivity contribution < 1.29 is 4.74 Å². The lowest BCUT2D eigenvalue weighted by Crippen LogP contribution is -2.50. The minimum atomic E-state index is 0.0442. The van der Waals surface area contributed by atoms with Crippen molar-refractivity contribution in [3.05, 3.63) is 15.6 Å². The van der Waals surface area contributed by atoms with Crippen LogP contribution in [0.3, 0.4) is 0 Å². The Morgan fingerprint density at radius 3 is 2.94 bits per heavy atom. The van der Waals surface area contributed by atoms with Crippen LogP contribution < -0.4 is 5.73 Å². The molecule has 1 fully saturated rings. The number of aromatic nitrogens is 1. The number of aryl methyl sites for hydroxylation is 2. The highest BCUT2D eigenvalue weighted by molar-refractivity contribution is 7.11. The Kier molecular flexibility index (Phi) is 4.14. The first-order valence-corrected chi connectivity index (χ1v) is 6.86. The van der Waals surface area contributed by atoms with E-state index in [1.165, 1.54) is 4.88 Å². The number of hydrogen-bond donors (Lipinski definition) is 1. The second-order valence-electron chi connectivity index (χ2n) is 4.79. The maximum absolute atomic E-state index is 6.22. The molecule has 2 unspecified atom stereocenters. The zero-order valence-corrected chi connectivity index (χ0v) is 11.6. The molecule has 17 heavy (non-hydrogen) atoms. The SMILES string of the molecule is Cc1nc(CC(N)C2CN(C)CCO2)sc1C. The Morgan fingerprint density at radius 2 is 2.35 bits per heavy atom. The molecule has 0 amide bonds. The van der Waals surface area contributed by atoms with Crippen molar-refractivity contribution in [2.45, 2.75) is 32.4 Å². The van der Waals surface area contributed by atoms with E-state index in [-0.39, 0.29) is 12.1 Å². The molecule has 1 aliphatic heterocycles. The molecule has 5 heteroatoms. The van der Waals surface area contributed by atoms with Gasteiger partial charge in [-0.15, -0.1) is 11.3 Å². The second kappa shape index (κ2) is 5.44. The first kappa shape index (κ1) is 13.0. The van der Waals surface area contributed by atoms with Crippen molar-refractivity contribution in [1.82, 2.24) is 9.88 Å². The van der Waals surface area contributed by atoms with Crippen LogP contribution in [0.4, 0.5) is 0 Å². The van der Waals surface area contributed by atoms with E-state index in [0.717, 1.165) is 36.8 Å². The lowest BCUT2D eigenvalue weighted by Gasteiger charge is -2.33. The van der Waals surface area contributed by atoms with E-state index in [1.807, 2.05) is 6.92 Å². The van der Waals surface area contributed by atoms with Crippen LogP contribution in [-0.2, 0) is 11.2 Å². The Morgan fingerprint density at radius 1 is 1.59 bits per heavy atom. The van der Waals surface area contributed by atoms with Crippen molar-refractivity contribution in [3.63, 3.8) is 0 Å². The molecule has 2 rings (SSSR count). The highest BCUT2D eigenvalue weighted by atomic mass is 32.1. The maximum Gasteiger partial charge on any atom is 0.0947 e. The number of hydrogen-bond acceptors (Lipinski definition) is 5. The Labute approximate surface area is 107 Å². The third-order valence-corrected chi connectivity index (χ3v) is 4.35. The fourth-order valence-corrected chi connectivity index (χ4v) is 3.03. The summed E-state index contributed by atoms with van der Waals surface area (Å²) in [6.45, 7) is 6.85. The zero-order valence-electron chi connectivity index (χ0n) is 10.8. The van der Waals surface area contributed by atoms with E-state index in [1.54, 1.807) is 11.3 Å². The largest absolute Gasteiger partial charge is 0.374 e. The van der Waals surface area contributed by atoms with Crippen LogP contribution in [0.2, 0.25) is 0 Å². The lowest BCUT2D eigenvalue weighted by molar-refractivity contribution is -0.0319. The average molecular weight is 255 g/mol. The lowest BCUT2D eigenvalue weighted by atomic mass is 10.1. The summed E-state index contributed by atoms with van der Waals surface area (Å²) in [5, 5.41) is 1.13. The average Bonchev–Trinajstić information content (AvgIpc) is 2.58. The summed E-state index contributed by atoms with van der Waals surface area (Å²) >= 11 is 1.75. The van der Waals surface area contributed by atoms with Gasteiger partial charge < -0.3 is 15.4 Å². The fraction of sp³-hybridized carbons (Fsp3) is 0.750. The number of nitrogens with zero attached hydrogens (tertiary/aromatic N) is 2. The van der Waals surface area contributed by atoms with Crippen molar-refractivity contribution in [2.75, 3.05) is 26.7 Å². The summed E-state index contributed by atoms with van der Waals surface area (Å²) in [6.07, 6.45) is 0.955. The van der Waals surface area contributed by atoms with E-state index in [2.05, 4.69) is 23.9 Å². The summed E-state index contributed by atoms with van der Waals surface area (Å²) in [7, 11) is 2.11. The summed E-state index contributed by atoms with van der Waals surface area (Å²) in [5.41, 5.74) is 7.34. The van der Waals surface area contributed by atoms with E-state index in [4.69, 9.17) is 10.5 Å². The molecular formula is C12H21N3OS. The Hall–Kier alpha value is -0.490. The van der Waals surface area contributed by atoms with Crippen LogP contribution in [0.15, 0.2) is 0 Å². The molecular weight excluding hydrogens is 234 g/mol. The van der Waals surface area contributed by atoms with E-state index in [9.17, 15) is 0 Å². The molecule has 1 aromatic heterocycles. The van der Waals surface area contributed by atoms with Gasteiger partial charge in [-0.1, -0.05) is 0 Å². The Balaban J connectivity index is 1.94. The molecule has 1 saturated heterocycles. The summed E-state index contributed by atoms with van der Waals surface area (Å²) < 4.78 is 5.73. The van der Waals surface area contributed by atoms with Crippen LogP contribution in [0.1, 0.15) is 15.6 Å². The molecule has 2 atom stereocenters. The minimum absolute atomic E-state index is 0.0442. The minimum Gasteiger partial charge on any atom is -0.374 e. The highest BCUT2D eigenvalue weighted by Gasteiger charge is 2.25. The van der Waals surface area contributed by atoms with Gasteiger partial charge in [-0.05, 0) is 20.9 Å². The van der Waals surface area contributed by atoms with Gasteiger partial charge in [-0.2, -0.15) is 0 Å². The number of nitrogens with two attached hydrogens (primary N) is 1. The van der Waals surface area contributed by atoms with Crippen molar-refractivity contribution in [1.29, 1.82) is 0 Å².